The standard InChI is InChI=1S/C17H27N3O/c1-4-13(2)14-5-7-15(8-6-14)18-17(21)19-16-9-11-20(3)12-10-16/h5-8,13,16H,4,9-12H2,1-3H3,(H2,18,19,21)/t13-/m0/s1. The summed E-state index contributed by atoms with van der Waals surface area (Å²) in [4.78, 5) is 14.3. The number of rotatable bonds is 4. The number of anilines is 1. The Morgan fingerprint density at radius 2 is 1.90 bits per heavy atom. The molecule has 2 N–H and O–H groups in total. The third-order valence-corrected chi connectivity index (χ3v) is 4.40. The van der Waals surface area contributed by atoms with Gasteiger partial charge in [-0.1, -0.05) is 26.0 Å². The van der Waals surface area contributed by atoms with Gasteiger partial charge in [0.05, 0.1) is 0 Å². The van der Waals surface area contributed by atoms with E-state index in [-0.39, 0.29) is 6.03 Å². The highest BCUT2D eigenvalue weighted by Crippen LogP contribution is 2.20. The van der Waals surface area contributed by atoms with Gasteiger partial charge in [-0.25, -0.2) is 4.79 Å². The highest BCUT2D eigenvalue weighted by Gasteiger charge is 2.18. The zero-order chi connectivity index (χ0) is 15.2. The molecule has 4 nitrogen and oxygen atoms in total. The Morgan fingerprint density at radius 3 is 2.48 bits per heavy atom. The van der Waals surface area contributed by atoms with Crippen molar-refractivity contribution in [3.63, 3.8) is 0 Å². The molecule has 1 saturated heterocycles. The molecule has 1 aromatic carbocycles. The van der Waals surface area contributed by atoms with E-state index in [4.69, 9.17) is 0 Å². The van der Waals surface area contributed by atoms with Crippen LogP contribution >= 0.6 is 0 Å². The van der Waals surface area contributed by atoms with Crippen LogP contribution in [0.2, 0.25) is 0 Å². The molecule has 4 heteroatoms. The third-order valence-electron chi connectivity index (χ3n) is 4.40. The lowest BCUT2D eigenvalue weighted by atomic mass is 9.99. The number of carbonyl (C=O) groups is 1. The van der Waals surface area contributed by atoms with Crippen molar-refractivity contribution in [2.75, 3.05) is 25.5 Å². The summed E-state index contributed by atoms with van der Waals surface area (Å²) in [6.07, 6.45) is 3.18. The van der Waals surface area contributed by atoms with Crippen LogP contribution in [0.5, 0.6) is 0 Å². The first-order valence-corrected chi connectivity index (χ1v) is 7.94. The average Bonchev–Trinajstić information content (AvgIpc) is 2.49. The fraction of sp³-hybridized carbons (Fsp3) is 0.588. The molecular weight excluding hydrogens is 262 g/mol. The third kappa shape index (κ3) is 4.74. The van der Waals surface area contributed by atoms with Crippen LogP contribution in [0.1, 0.15) is 44.6 Å². The summed E-state index contributed by atoms with van der Waals surface area (Å²) in [6.45, 7) is 6.50. The van der Waals surface area contributed by atoms with Crippen molar-refractivity contribution >= 4 is 11.7 Å². The van der Waals surface area contributed by atoms with Crippen LogP contribution in [0.25, 0.3) is 0 Å². The molecule has 0 radical (unpaired) electrons. The molecule has 0 spiro atoms. The van der Waals surface area contributed by atoms with Gasteiger partial charge < -0.3 is 15.5 Å². The summed E-state index contributed by atoms with van der Waals surface area (Å²) in [7, 11) is 2.12. The fourth-order valence-corrected chi connectivity index (χ4v) is 2.64. The number of benzene rings is 1. The summed E-state index contributed by atoms with van der Waals surface area (Å²) in [5.74, 6) is 0.562. The maximum absolute atomic E-state index is 12.0. The first kappa shape index (κ1) is 15.8. The van der Waals surface area contributed by atoms with E-state index in [1.165, 1.54) is 5.56 Å². The van der Waals surface area contributed by atoms with Gasteiger partial charge in [0.15, 0.2) is 0 Å². The van der Waals surface area contributed by atoms with Crippen LogP contribution in [0.4, 0.5) is 10.5 Å². The minimum Gasteiger partial charge on any atom is -0.335 e. The molecule has 2 rings (SSSR count). The highest BCUT2D eigenvalue weighted by atomic mass is 16.2. The zero-order valence-corrected chi connectivity index (χ0v) is 13.4. The Labute approximate surface area is 127 Å². The SMILES string of the molecule is CC[C@H](C)c1ccc(NC(=O)NC2CCN(C)CC2)cc1. The summed E-state index contributed by atoms with van der Waals surface area (Å²) < 4.78 is 0. The van der Waals surface area contributed by atoms with E-state index in [0.717, 1.165) is 38.0 Å². The lowest BCUT2D eigenvalue weighted by molar-refractivity contribution is 0.221. The van der Waals surface area contributed by atoms with Crippen molar-refractivity contribution in [2.24, 2.45) is 0 Å². The molecule has 116 valence electrons. The first-order valence-electron chi connectivity index (χ1n) is 7.94. The molecule has 1 aliphatic heterocycles. The number of amides is 2. The van der Waals surface area contributed by atoms with E-state index < -0.39 is 0 Å². The highest BCUT2D eigenvalue weighted by molar-refractivity contribution is 5.89. The molecule has 1 atom stereocenters. The van der Waals surface area contributed by atoms with Gasteiger partial charge in [0, 0.05) is 11.7 Å². The summed E-state index contributed by atoms with van der Waals surface area (Å²) in [5, 5.41) is 5.98. The second kappa shape index (κ2) is 7.46. The van der Waals surface area contributed by atoms with Crippen LogP contribution in [0.3, 0.4) is 0 Å². The van der Waals surface area contributed by atoms with Crippen molar-refractivity contribution < 1.29 is 4.79 Å². The minimum atomic E-state index is -0.0964. The molecule has 1 aliphatic rings. The number of hydrogen-bond acceptors (Lipinski definition) is 2. The van der Waals surface area contributed by atoms with Crippen molar-refractivity contribution in [2.45, 2.75) is 45.1 Å². The van der Waals surface area contributed by atoms with Gasteiger partial charge in [-0.15, -0.1) is 0 Å². The Balaban J connectivity index is 1.82. The second-order valence-electron chi connectivity index (χ2n) is 6.11. The number of hydrogen-bond donors (Lipinski definition) is 2. The largest absolute Gasteiger partial charge is 0.335 e. The van der Waals surface area contributed by atoms with E-state index >= 15 is 0 Å². The van der Waals surface area contributed by atoms with Gasteiger partial charge in [0.2, 0.25) is 0 Å². The second-order valence-corrected chi connectivity index (χ2v) is 6.11. The monoisotopic (exact) mass is 289 g/mol. The molecule has 21 heavy (non-hydrogen) atoms. The predicted octanol–water partition coefficient (Wildman–Crippen LogP) is 3.42. The molecule has 1 heterocycles. The zero-order valence-electron chi connectivity index (χ0n) is 13.4. The fourth-order valence-electron chi connectivity index (χ4n) is 2.64. The van der Waals surface area contributed by atoms with Crippen LogP contribution < -0.4 is 10.6 Å². The Kier molecular flexibility index (Phi) is 5.62. The number of urea groups is 1. The quantitative estimate of drug-likeness (QED) is 0.892. The first-order chi connectivity index (χ1) is 10.1. The summed E-state index contributed by atoms with van der Waals surface area (Å²) in [5.41, 5.74) is 2.17. The molecule has 0 aromatic heterocycles. The molecule has 0 unspecified atom stereocenters. The van der Waals surface area contributed by atoms with Gasteiger partial charge in [-0.05, 0) is 63.0 Å². The van der Waals surface area contributed by atoms with Gasteiger partial charge >= 0.3 is 6.03 Å². The smallest absolute Gasteiger partial charge is 0.319 e. The Hall–Kier alpha value is -1.55. The van der Waals surface area contributed by atoms with Gasteiger partial charge in [0.1, 0.15) is 0 Å². The van der Waals surface area contributed by atoms with E-state index in [9.17, 15) is 4.79 Å². The molecule has 2 amide bonds. The van der Waals surface area contributed by atoms with E-state index in [2.05, 4.69) is 48.6 Å². The number of nitrogens with one attached hydrogen (secondary N) is 2. The Bertz CT molecular complexity index is 450. The summed E-state index contributed by atoms with van der Waals surface area (Å²) in [6, 6.07) is 8.35. The van der Waals surface area contributed by atoms with Crippen molar-refractivity contribution in [1.29, 1.82) is 0 Å². The topological polar surface area (TPSA) is 44.4 Å². The Morgan fingerprint density at radius 1 is 1.29 bits per heavy atom. The summed E-state index contributed by atoms with van der Waals surface area (Å²) >= 11 is 0. The molecule has 1 fully saturated rings. The average molecular weight is 289 g/mol. The lowest BCUT2D eigenvalue weighted by Gasteiger charge is -2.29. The van der Waals surface area contributed by atoms with E-state index in [1.807, 2.05) is 12.1 Å². The maximum atomic E-state index is 12.0. The van der Waals surface area contributed by atoms with Crippen LogP contribution in [-0.4, -0.2) is 37.1 Å². The van der Waals surface area contributed by atoms with Crippen molar-refractivity contribution in [3.05, 3.63) is 29.8 Å². The van der Waals surface area contributed by atoms with Crippen LogP contribution in [0, 0.1) is 0 Å². The van der Waals surface area contributed by atoms with Gasteiger partial charge in [-0.2, -0.15) is 0 Å². The number of likely N-dealkylation sites (tertiary alicyclic amines) is 1. The lowest BCUT2D eigenvalue weighted by Crippen LogP contribution is -2.44. The van der Waals surface area contributed by atoms with E-state index in [1.54, 1.807) is 0 Å². The molecule has 0 saturated carbocycles. The van der Waals surface area contributed by atoms with Crippen molar-refractivity contribution in [1.82, 2.24) is 10.2 Å². The number of carbonyl (C=O) groups excluding carboxylic acids is 1. The molecule has 0 bridgehead atoms. The molecule has 1 aromatic rings. The van der Waals surface area contributed by atoms with Gasteiger partial charge in [-0.3, -0.25) is 0 Å². The normalized spacial score (nSPS) is 18.2. The van der Waals surface area contributed by atoms with Crippen LogP contribution in [0.15, 0.2) is 24.3 Å². The predicted molar refractivity (Wildman–Crippen MR) is 87.8 cm³/mol. The van der Waals surface area contributed by atoms with Crippen molar-refractivity contribution in [3.8, 4) is 0 Å². The maximum Gasteiger partial charge on any atom is 0.319 e. The molecular formula is C17H27N3O. The number of piperidine rings is 1. The van der Waals surface area contributed by atoms with Crippen LogP contribution in [-0.2, 0) is 0 Å². The van der Waals surface area contributed by atoms with E-state index in [0.29, 0.717) is 12.0 Å². The molecule has 0 aliphatic carbocycles. The minimum absolute atomic E-state index is 0.0964. The van der Waals surface area contributed by atoms with Gasteiger partial charge in [0.25, 0.3) is 0 Å². The number of nitrogens with zero attached hydrogens (tertiary/aromatic N) is 1.